The minimum absolute atomic E-state index is 0.315. The molecule has 0 saturated heterocycles. The van der Waals surface area contributed by atoms with E-state index in [1.54, 1.807) is 48.1 Å². The van der Waals surface area contributed by atoms with Crippen molar-refractivity contribution in [3.63, 3.8) is 0 Å². The normalized spacial score (nSPS) is 11.7. The van der Waals surface area contributed by atoms with E-state index < -0.39 is 0 Å². The molecule has 148 valence electrons. The fraction of sp³-hybridized carbons (Fsp3) is 0.0526. The topological polar surface area (TPSA) is 145 Å². The minimum Gasteiger partial charge on any atom is -0.241 e. The van der Waals surface area contributed by atoms with Gasteiger partial charge in [-0.1, -0.05) is 0 Å². The van der Waals surface area contributed by atoms with Crippen LogP contribution in [-0.2, 0) is 0 Å². The van der Waals surface area contributed by atoms with E-state index in [2.05, 4.69) is 61.6 Å². The number of hydrogen-bond acceptors (Lipinski definition) is 10. The molecule has 12 nitrogen and oxygen atoms in total. The lowest BCUT2D eigenvalue weighted by atomic mass is 10.3. The Bertz CT molecular complexity index is 1480. The summed E-state index contributed by atoms with van der Waals surface area (Å²) in [5.41, 5.74) is 3.13. The van der Waals surface area contributed by atoms with Gasteiger partial charge in [0.15, 0.2) is 22.8 Å². The highest BCUT2D eigenvalue weighted by Gasteiger charge is 2.14. The second-order valence-electron chi connectivity index (χ2n) is 6.28. The summed E-state index contributed by atoms with van der Waals surface area (Å²) in [6.45, 7) is 5.43. The van der Waals surface area contributed by atoms with Gasteiger partial charge in [-0.2, -0.15) is 9.55 Å². The summed E-state index contributed by atoms with van der Waals surface area (Å²) in [5.74, 6) is 0.695. The first-order valence-electron chi connectivity index (χ1n) is 9.02. The van der Waals surface area contributed by atoms with Crippen LogP contribution in [0.25, 0.3) is 33.8 Å². The van der Waals surface area contributed by atoms with Crippen LogP contribution in [0.3, 0.4) is 0 Å². The van der Waals surface area contributed by atoms with Gasteiger partial charge in [-0.25, -0.2) is 34.9 Å². The maximum atomic E-state index is 4.48. The van der Waals surface area contributed by atoms with Crippen LogP contribution >= 0.6 is 0 Å². The molecule has 5 aromatic rings. The van der Waals surface area contributed by atoms with Crippen molar-refractivity contribution in [3.05, 3.63) is 55.5 Å². The first-order chi connectivity index (χ1) is 15.2. The zero-order valence-electron chi connectivity index (χ0n) is 16.2. The quantitative estimate of drug-likeness (QED) is 0.237. The van der Waals surface area contributed by atoms with Gasteiger partial charge in [-0.05, 0) is 6.92 Å². The molecule has 5 aromatic heterocycles. The predicted molar refractivity (Wildman–Crippen MR) is 110 cm³/mol. The molecule has 5 rings (SSSR count). The van der Waals surface area contributed by atoms with Gasteiger partial charge in [0.05, 0.1) is 36.4 Å². The van der Waals surface area contributed by atoms with Crippen molar-refractivity contribution in [1.82, 2.24) is 44.9 Å². The second-order valence-corrected chi connectivity index (χ2v) is 6.28. The summed E-state index contributed by atoms with van der Waals surface area (Å²) in [6, 6.07) is 0. The molecular weight excluding hydrogens is 396 g/mol. The van der Waals surface area contributed by atoms with Crippen molar-refractivity contribution < 1.29 is 4.57 Å². The van der Waals surface area contributed by atoms with Crippen LogP contribution in [-0.4, -0.2) is 57.5 Å². The monoisotopic (exact) mass is 409 g/mol. The second kappa shape index (κ2) is 7.59. The molecule has 0 aliphatic carbocycles. The van der Waals surface area contributed by atoms with Gasteiger partial charge in [0.25, 0.3) is 0 Å². The predicted octanol–water partition coefficient (Wildman–Crippen LogP) is 1.05. The van der Waals surface area contributed by atoms with Gasteiger partial charge >= 0.3 is 5.96 Å². The average Bonchev–Trinajstić information content (AvgIpc) is 2.82. The molecule has 0 radical (unpaired) electrons. The third-order valence-electron chi connectivity index (χ3n) is 4.28. The standard InChI is InChI=1S/C19H13N12/c1-11-13(6-21-9-26-11)29-19(20-2)31-8-12-5-24-16(30-15(12)27-10-31)14-7-25-17-18(28-14)23-4-3-22-17/h3-10H,2H2,1H3/q+1/b29-19+. The molecule has 0 aromatic carbocycles. The molecule has 0 unspecified atom stereocenters. The van der Waals surface area contributed by atoms with Crippen LogP contribution in [0.4, 0.5) is 5.69 Å². The summed E-state index contributed by atoms with van der Waals surface area (Å²) in [7, 11) is 0. The average molecular weight is 409 g/mol. The van der Waals surface area contributed by atoms with Crippen LogP contribution in [0, 0.1) is 6.92 Å². The number of nitrogens with zero attached hydrogens (tertiary/aromatic N) is 12. The first kappa shape index (κ1) is 18.3. The Morgan fingerprint density at radius 2 is 1.77 bits per heavy atom. The maximum Gasteiger partial charge on any atom is 0.388 e. The molecule has 0 aliphatic heterocycles. The number of aromatic nitrogens is 10. The highest BCUT2D eigenvalue weighted by molar-refractivity contribution is 5.80. The molecule has 0 spiro atoms. The van der Waals surface area contributed by atoms with E-state index in [9.17, 15) is 0 Å². The van der Waals surface area contributed by atoms with Crippen LogP contribution in [0.2, 0.25) is 0 Å². The summed E-state index contributed by atoms with van der Waals surface area (Å²) < 4.78 is 1.62. The lowest BCUT2D eigenvalue weighted by Gasteiger charge is -2.02. The first-order valence-corrected chi connectivity index (χ1v) is 9.02. The third-order valence-corrected chi connectivity index (χ3v) is 4.28. The number of aliphatic imine (C=N–C) groups is 2. The molecule has 31 heavy (non-hydrogen) atoms. The van der Waals surface area contributed by atoms with Crippen molar-refractivity contribution in [2.45, 2.75) is 6.92 Å². The molecule has 0 N–H and O–H groups in total. The van der Waals surface area contributed by atoms with E-state index >= 15 is 0 Å². The molecule has 0 bridgehead atoms. The Hall–Kier alpha value is -4.74. The van der Waals surface area contributed by atoms with Gasteiger partial charge in [-0.15, -0.1) is 15.0 Å². The van der Waals surface area contributed by atoms with Crippen molar-refractivity contribution >= 4 is 40.7 Å². The molecular formula is C19H13N12+. The van der Waals surface area contributed by atoms with Crippen LogP contribution in [0.1, 0.15) is 5.69 Å². The molecule has 0 saturated carbocycles. The van der Waals surface area contributed by atoms with Gasteiger partial charge in [0.2, 0.25) is 12.0 Å². The summed E-state index contributed by atoms with van der Waals surface area (Å²) >= 11 is 0. The van der Waals surface area contributed by atoms with Gasteiger partial charge in [0.1, 0.15) is 12.0 Å². The molecule has 0 aliphatic rings. The van der Waals surface area contributed by atoms with E-state index in [4.69, 9.17) is 0 Å². The van der Waals surface area contributed by atoms with Crippen molar-refractivity contribution in [2.24, 2.45) is 9.98 Å². The van der Waals surface area contributed by atoms with Gasteiger partial charge in [0, 0.05) is 18.6 Å². The number of fused-ring (bicyclic) bond motifs is 2. The van der Waals surface area contributed by atoms with E-state index in [0.717, 1.165) is 5.69 Å². The summed E-state index contributed by atoms with van der Waals surface area (Å²) in [4.78, 5) is 46.8. The fourth-order valence-electron chi connectivity index (χ4n) is 2.75. The largest absolute Gasteiger partial charge is 0.388 e. The van der Waals surface area contributed by atoms with Gasteiger partial charge in [-0.3, -0.25) is 0 Å². The number of hydrogen-bond donors (Lipinski definition) is 0. The van der Waals surface area contributed by atoms with E-state index in [1.807, 2.05) is 6.92 Å². The molecule has 0 amide bonds. The zero-order valence-corrected chi connectivity index (χ0v) is 16.2. The Morgan fingerprint density at radius 3 is 2.61 bits per heavy atom. The van der Waals surface area contributed by atoms with E-state index in [1.165, 1.54) is 6.33 Å². The maximum absolute atomic E-state index is 4.48. The zero-order chi connectivity index (χ0) is 21.2. The SMILES string of the molecule is C=N/C(=N\c1cncnc1C)[n+]1cnc2nc(-c3cnc4nccnc4n3)ncc2c1. The van der Waals surface area contributed by atoms with Crippen molar-refractivity contribution in [3.8, 4) is 11.5 Å². The molecule has 0 fully saturated rings. The van der Waals surface area contributed by atoms with Crippen LogP contribution in [0.5, 0.6) is 0 Å². The smallest absolute Gasteiger partial charge is 0.241 e. The van der Waals surface area contributed by atoms with Crippen molar-refractivity contribution in [1.29, 1.82) is 0 Å². The van der Waals surface area contributed by atoms with Crippen molar-refractivity contribution in [2.75, 3.05) is 0 Å². The Morgan fingerprint density at radius 1 is 0.903 bits per heavy atom. The highest BCUT2D eigenvalue weighted by atomic mass is 15.2. The summed E-state index contributed by atoms with van der Waals surface area (Å²) in [5, 5.41) is 0.678. The Balaban J connectivity index is 1.53. The lowest BCUT2D eigenvalue weighted by Crippen LogP contribution is -2.41. The lowest BCUT2D eigenvalue weighted by molar-refractivity contribution is -0.558. The van der Waals surface area contributed by atoms with E-state index in [0.29, 0.717) is 45.5 Å². The molecule has 5 heterocycles. The number of rotatable bonds is 2. The fourth-order valence-corrected chi connectivity index (χ4v) is 2.75. The third kappa shape index (κ3) is 3.53. The Kier molecular flexibility index (Phi) is 4.48. The van der Waals surface area contributed by atoms with Gasteiger partial charge < -0.3 is 0 Å². The molecule has 0 atom stereocenters. The molecule has 12 heteroatoms. The minimum atomic E-state index is 0.315. The number of aryl methyl sites for hydroxylation is 1. The highest BCUT2D eigenvalue weighted by Crippen LogP contribution is 2.16. The van der Waals surface area contributed by atoms with Crippen LogP contribution in [0.15, 0.2) is 59.8 Å². The Labute approximate surface area is 174 Å². The van der Waals surface area contributed by atoms with Crippen LogP contribution < -0.4 is 4.57 Å². The van der Waals surface area contributed by atoms with E-state index in [-0.39, 0.29) is 0 Å². The summed E-state index contributed by atoms with van der Waals surface area (Å²) in [6.07, 6.45) is 12.7.